The molecule has 0 saturated heterocycles. The van der Waals surface area contributed by atoms with Gasteiger partial charge in [-0.15, -0.1) is 0 Å². The lowest BCUT2D eigenvalue weighted by atomic mass is 10.1. The molecule has 4 aromatic rings. The maximum atomic E-state index is 13.1. The molecule has 0 spiro atoms. The van der Waals surface area contributed by atoms with Crippen LogP contribution >= 0.6 is 0 Å². The Labute approximate surface area is 131 Å². The van der Waals surface area contributed by atoms with Gasteiger partial charge in [0, 0.05) is 16.5 Å². The highest BCUT2D eigenvalue weighted by atomic mass is 32.2. The molecule has 0 aliphatic carbocycles. The molecule has 6 nitrogen and oxygen atoms in total. The van der Waals surface area contributed by atoms with Gasteiger partial charge in [0.1, 0.15) is 10.4 Å². The summed E-state index contributed by atoms with van der Waals surface area (Å²) < 4.78 is 30.9. The van der Waals surface area contributed by atoms with E-state index in [1.165, 1.54) is 12.1 Å². The van der Waals surface area contributed by atoms with Gasteiger partial charge in [-0.2, -0.15) is 0 Å². The minimum atomic E-state index is -3.80. The van der Waals surface area contributed by atoms with E-state index in [-0.39, 0.29) is 15.3 Å². The Hall–Kier alpha value is -2.93. The summed E-state index contributed by atoms with van der Waals surface area (Å²) >= 11 is 0. The van der Waals surface area contributed by atoms with Crippen LogP contribution in [0.4, 0.5) is 5.69 Å². The molecule has 2 N–H and O–H groups in total. The molecule has 0 fully saturated rings. The van der Waals surface area contributed by atoms with Crippen LogP contribution in [0.1, 0.15) is 0 Å². The number of nitrogen functional groups attached to an aromatic ring is 1. The zero-order valence-electron chi connectivity index (χ0n) is 11.8. The minimum absolute atomic E-state index is 0.0613. The van der Waals surface area contributed by atoms with Crippen LogP contribution in [0.25, 0.3) is 21.8 Å². The van der Waals surface area contributed by atoms with E-state index in [0.29, 0.717) is 22.0 Å². The van der Waals surface area contributed by atoms with E-state index in [2.05, 4.69) is 14.9 Å². The Morgan fingerprint density at radius 2 is 1.61 bits per heavy atom. The highest BCUT2D eigenvalue weighted by Crippen LogP contribution is 2.33. The van der Waals surface area contributed by atoms with E-state index in [1.807, 2.05) is 6.07 Å². The Morgan fingerprint density at radius 1 is 0.826 bits per heavy atom. The maximum absolute atomic E-state index is 13.1. The topological polar surface area (TPSA) is 99.1 Å². The summed E-state index contributed by atoms with van der Waals surface area (Å²) in [6, 6.07) is 15.0. The first-order valence-electron chi connectivity index (χ1n) is 6.82. The molecule has 0 aliphatic rings. The predicted molar refractivity (Wildman–Crippen MR) is 85.6 cm³/mol. The predicted octanol–water partition coefficient (Wildman–Crippen LogP) is 2.79. The number of benzene rings is 3. The first kappa shape index (κ1) is 13.7. The molecule has 7 heteroatoms. The highest BCUT2D eigenvalue weighted by molar-refractivity contribution is 7.92. The first-order valence-corrected chi connectivity index (χ1v) is 8.31. The molecule has 0 amide bonds. The quantitative estimate of drug-likeness (QED) is 0.569. The van der Waals surface area contributed by atoms with Gasteiger partial charge >= 0.3 is 0 Å². The third kappa shape index (κ3) is 1.97. The maximum Gasteiger partial charge on any atom is 0.209 e. The molecule has 4 rings (SSSR count). The number of rotatable bonds is 2. The zero-order chi connectivity index (χ0) is 16.0. The van der Waals surface area contributed by atoms with Gasteiger partial charge < -0.3 is 5.73 Å². The van der Waals surface area contributed by atoms with E-state index in [0.717, 1.165) is 0 Å². The third-order valence-electron chi connectivity index (χ3n) is 3.75. The second-order valence-corrected chi connectivity index (χ2v) is 6.98. The summed E-state index contributed by atoms with van der Waals surface area (Å²) in [5, 5.41) is 8.67. The van der Waals surface area contributed by atoms with Crippen molar-refractivity contribution in [3.8, 4) is 0 Å². The minimum Gasteiger partial charge on any atom is -0.398 e. The first-order chi connectivity index (χ1) is 11.1. The Kier molecular flexibility index (Phi) is 2.85. The van der Waals surface area contributed by atoms with Crippen molar-refractivity contribution in [2.75, 3.05) is 5.73 Å². The van der Waals surface area contributed by atoms with Gasteiger partial charge in [-0.3, -0.25) is 0 Å². The van der Waals surface area contributed by atoms with Crippen molar-refractivity contribution in [3.63, 3.8) is 0 Å². The van der Waals surface area contributed by atoms with Gasteiger partial charge in [-0.25, -0.2) is 13.0 Å². The fourth-order valence-corrected chi connectivity index (χ4v) is 4.25. The zero-order valence-corrected chi connectivity index (χ0v) is 12.6. The van der Waals surface area contributed by atoms with Gasteiger partial charge in [0.25, 0.3) is 0 Å². The van der Waals surface area contributed by atoms with Gasteiger partial charge in [-0.05, 0) is 34.6 Å². The van der Waals surface area contributed by atoms with Crippen LogP contribution in [-0.2, 0) is 9.84 Å². The average molecular weight is 325 g/mol. The molecule has 0 unspecified atom stereocenters. The number of nitrogens with zero attached hydrogens (tertiary/aromatic N) is 2. The van der Waals surface area contributed by atoms with Crippen LogP contribution in [0.2, 0.25) is 0 Å². The highest BCUT2D eigenvalue weighted by Gasteiger charge is 2.25. The second-order valence-electron chi connectivity index (χ2n) is 5.09. The van der Waals surface area contributed by atoms with E-state index in [9.17, 15) is 8.42 Å². The number of fused-ring (bicyclic) bond motifs is 2. The largest absolute Gasteiger partial charge is 0.398 e. The lowest BCUT2D eigenvalue weighted by Gasteiger charge is -2.10. The number of hydrogen-bond donors (Lipinski definition) is 1. The summed E-state index contributed by atoms with van der Waals surface area (Å²) in [4.78, 5) is 0.240. The molecule has 0 atom stereocenters. The number of anilines is 1. The third-order valence-corrected chi connectivity index (χ3v) is 5.59. The van der Waals surface area contributed by atoms with Crippen LogP contribution in [0.15, 0.2) is 69.0 Å². The Balaban J connectivity index is 2.08. The van der Waals surface area contributed by atoms with Crippen molar-refractivity contribution in [1.29, 1.82) is 0 Å². The lowest BCUT2D eigenvalue weighted by molar-refractivity contribution is 0.315. The summed E-state index contributed by atoms with van der Waals surface area (Å²) in [7, 11) is -3.80. The molecule has 3 aromatic carbocycles. The Bertz CT molecular complexity index is 1150. The fraction of sp³-hybridized carbons (Fsp3) is 0. The van der Waals surface area contributed by atoms with Gasteiger partial charge in [0.05, 0.1) is 4.90 Å². The summed E-state index contributed by atoms with van der Waals surface area (Å²) in [5.41, 5.74) is 7.09. The standard InChI is InChI=1S/C16H11N3O3S/c17-12-8-9-14(11-5-2-1-4-10(11)12)23(20,21)15-7-3-6-13-16(15)19-22-18-13/h1-9H,17H2. The summed E-state index contributed by atoms with van der Waals surface area (Å²) in [6.45, 7) is 0. The molecule has 0 bridgehead atoms. The van der Waals surface area contributed by atoms with Crippen molar-refractivity contribution >= 4 is 37.3 Å². The van der Waals surface area contributed by atoms with Crippen molar-refractivity contribution in [1.82, 2.24) is 10.3 Å². The molecule has 1 aromatic heterocycles. The average Bonchev–Trinajstić information content (AvgIpc) is 3.03. The van der Waals surface area contributed by atoms with Crippen LogP contribution in [0.5, 0.6) is 0 Å². The number of hydrogen-bond acceptors (Lipinski definition) is 6. The van der Waals surface area contributed by atoms with Gasteiger partial charge in [0.15, 0.2) is 5.52 Å². The molecular weight excluding hydrogens is 314 g/mol. The molecular formula is C16H11N3O3S. The van der Waals surface area contributed by atoms with E-state index < -0.39 is 9.84 Å². The number of aromatic nitrogens is 2. The van der Waals surface area contributed by atoms with Crippen molar-refractivity contribution in [3.05, 3.63) is 54.6 Å². The van der Waals surface area contributed by atoms with Gasteiger partial charge in [0.2, 0.25) is 9.84 Å². The number of nitrogens with two attached hydrogens (primary N) is 1. The lowest BCUT2D eigenvalue weighted by Crippen LogP contribution is -2.04. The summed E-state index contributed by atoms with van der Waals surface area (Å²) in [5.74, 6) is 0. The normalized spacial score (nSPS) is 12.0. The second kappa shape index (κ2) is 4.79. The molecule has 0 saturated carbocycles. The summed E-state index contributed by atoms with van der Waals surface area (Å²) in [6.07, 6.45) is 0. The monoisotopic (exact) mass is 325 g/mol. The van der Waals surface area contributed by atoms with E-state index in [4.69, 9.17) is 5.73 Å². The Morgan fingerprint density at radius 3 is 2.43 bits per heavy atom. The fourth-order valence-electron chi connectivity index (χ4n) is 2.65. The van der Waals surface area contributed by atoms with Crippen LogP contribution in [0, 0.1) is 0 Å². The van der Waals surface area contributed by atoms with E-state index in [1.54, 1.807) is 36.4 Å². The molecule has 0 radical (unpaired) electrons. The number of sulfone groups is 1. The molecule has 1 heterocycles. The van der Waals surface area contributed by atoms with Crippen molar-refractivity contribution in [2.24, 2.45) is 0 Å². The molecule has 0 aliphatic heterocycles. The van der Waals surface area contributed by atoms with Crippen LogP contribution in [-0.4, -0.2) is 18.7 Å². The van der Waals surface area contributed by atoms with Crippen molar-refractivity contribution < 1.29 is 13.0 Å². The van der Waals surface area contributed by atoms with Crippen LogP contribution < -0.4 is 5.73 Å². The van der Waals surface area contributed by atoms with Crippen molar-refractivity contribution in [2.45, 2.75) is 9.79 Å². The van der Waals surface area contributed by atoms with E-state index >= 15 is 0 Å². The van der Waals surface area contributed by atoms with Gasteiger partial charge in [-0.1, -0.05) is 30.3 Å². The van der Waals surface area contributed by atoms with Crippen LogP contribution in [0.3, 0.4) is 0 Å². The molecule has 114 valence electrons. The molecule has 23 heavy (non-hydrogen) atoms. The smallest absolute Gasteiger partial charge is 0.209 e. The SMILES string of the molecule is Nc1ccc(S(=O)(=O)c2cccc3nonc23)c2ccccc12.